The molecule has 0 aromatic heterocycles. The van der Waals surface area contributed by atoms with Crippen molar-refractivity contribution in [1.29, 1.82) is 5.26 Å². The summed E-state index contributed by atoms with van der Waals surface area (Å²) in [6, 6.07) is 2.09. The van der Waals surface area contributed by atoms with E-state index in [1.54, 1.807) is 4.90 Å². The number of nitrogens with one attached hydrogen (secondary N) is 1. The topological polar surface area (TPSA) is 37.5 Å². The quantitative estimate of drug-likeness (QED) is 0.564. The van der Waals surface area contributed by atoms with Crippen molar-refractivity contribution in [2.45, 2.75) is 45.1 Å². The van der Waals surface area contributed by atoms with Crippen molar-refractivity contribution < 1.29 is 9.64 Å². The molecule has 1 heterocycles. The molecule has 1 aliphatic heterocycles. The third-order valence-electron chi connectivity index (χ3n) is 3.31. The van der Waals surface area contributed by atoms with Gasteiger partial charge in [0, 0.05) is 12.8 Å². The predicted octanol–water partition coefficient (Wildman–Crippen LogP) is 0.767. The summed E-state index contributed by atoms with van der Waals surface area (Å²) in [6.07, 6.45) is 3.97. The minimum Gasteiger partial charge on any atom is -0.362 e. The Bertz CT molecular complexity index is 317. The number of likely N-dealkylation sites (tertiary alicyclic amines) is 1. The van der Waals surface area contributed by atoms with Crippen LogP contribution in [0.5, 0.6) is 0 Å². The third-order valence-corrected chi connectivity index (χ3v) is 3.31. The van der Waals surface area contributed by atoms with Gasteiger partial charge in [0.25, 0.3) is 0 Å². The molecule has 94 valence electrons. The highest BCUT2D eigenvalue weighted by Crippen LogP contribution is 2.13. The predicted molar refractivity (Wildman–Crippen MR) is 67.5 cm³/mol. The van der Waals surface area contributed by atoms with Gasteiger partial charge in [-0.3, -0.25) is 0 Å². The maximum Gasteiger partial charge on any atom is 0.139 e. The van der Waals surface area contributed by atoms with Crippen LogP contribution in [-0.2, 0) is 4.74 Å². The van der Waals surface area contributed by atoms with E-state index in [0.29, 0.717) is 13.0 Å². The highest BCUT2D eigenvalue weighted by atomic mass is 16.5. The van der Waals surface area contributed by atoms with E-state index in [1.165, 1.54) is 25.9 Å². The molecule has 1 aliphatic rings. The molecule has 1 N–H and O–H groups in total. The molecule has 0 aromatic carbocycles. The highest BCUT2D eigenvalue weighted by molar-refractivity contribution is 5.12. The third kappa shape index (κ3) is 5.22. The molecule has 17 heavy (non-hydrogen) atoms. The van der Waals surface area contributed by atoms with Crippen molar-refractivity contribution >= 4 is 0 Å². The number of nitriles is 1. The van der Waals surface area contributed by atoms with Gasteiger partial charge in [-0.1, -0.05) is 12.8 Å². The molecule has 3 nitrogen and oxygen atoms in total. The first-order valence-corrected chi connectivity index (χ1v) is 6.54. The van der Waals surface area contributed by atoms with Gasteiger partial charge in [-0.25, -0.2) is 0 Å². The Labute approximate surface area is 105 Å². The van der Waals surface area contributed by atoms with Crippen molar-refractivity contribution in [2.75, 3.05) is 26.2 Å². The molecule has 0 aliphatic carbocycles. The zero-order valence-electron chi connectivity index (χ0n) is 11.0. The molecule has 3 heteroatoms. The Morgan fingerprint density at radius 2 is 2.06 bits per heavy atom. The van der Waals surface area contributed by atoms with E-state index >= 15 is 0 Å². The van der Waals surface area contributed by atoms with Gasteiger partial charge in [-0.2, -0.15) is 5.26 Å². The van der Waals surface area contributed by atoms with E-state index in [-0.39, 0.29) is 5.60 Å². The zero-order chi connectivity index (χ0) is 12.6. The van der Waals surface area contributed by atoms with Crippen LogP contribution in [0.4, 0.5) is 0 Å². The number of nitrogens with zero attached hydrogens (tertiary/aromatic N) is 1. The lowest BCUT2D eigenvalue weighted by molar-refractivity contribution is -0.879. The molecule has 1 atom stereocenters. The lowest BCUT2D eigenvalue weighted by Crippen LogP contribution is -3.09. The first-order chi connectivity index (χ1) is 8.20. The van der Waals surface area contributed by atoms with Gasteiger partial charge in [-0.05, 0) is 19.3 Å². The Hall–Kier alpha value is -1.03. The van der Waals surface area contributed by atoms with Crippen LogP contribution in [0, 0.1) is 23.2 Å². The van der Waals surface area contributed by atoms with Crippen molar-refractivity contribution in [3.8, 4) is 17.9 Å². The van der Waals surface area contributed by atoms with Crippen LogP contribution in [0.2, 0.25) is 0 Å². The lowest BCUT2D eigenvalue weighted by atomic mass is 10.0. The van der Waals surface area contributed by atoms with Crippen LogP contribution in [0.3, 0.4) is 0 Å². The van der Waals surface area contributed by atoms with Gasteiger partial charge in [-0.15, -0.1) is 0 Å². The van der Waals surface area contributed by atoms with E-state index in [1.807, 2.05) is 6.92 Å². The summed E-state index contributed by atoms with van der Waals surface area (Å²) >= 11 is 0. The minimum absolute atomic E-state index is 0.379. The van der Waals surface area contributed by atoms with E-state index in [9.17, 15) is 0 Å². The number of ether oxygens (including phenoxy) is 1. The van der Waals surface area contributed by atoms with E-state index in [0.717, 1.165) is 13.0 Å². The van der Waals surface area contributed by atoms with E-state index < -0.39 is 0 Å². The normalized spacial score (nSPS) is 19.1. The fourth-order valence-electron chi connectivity index (χ4n) is 1.96. The van der Waals surface area contributed by atoms with Crippen molar-refractivity contribution in [2.24, 2.45) is 0 Å². The van der Waals surface area contributed by atoms with Gasteiger partial charge >= 0.3 is 0 Å². The van der Waals surface area contributed by atoms with Crippen LogP contribution in [0.15, 0.2) is 0 Å². The first-order valence-electron chi connectivity index (χ1n) is 6.54. The summed E-state index contributed by atoms with van der Waals surface area (Å²) in [7, 11) is 0. The first kappa shape index (κ1) is 14.0. The molecular formula is C14H23N2O+. The number of hydrogen-bond donors (Lipinski definition) is 1. The van der Waals surface area contributed by atoms with Gasteiger partial charge in [0.1, 0.15) is 12.1 Å². The Morgan fingerprint density at radius 1 is 1.35 bits per heavy atom. The average Bonchev–Trinajstić information content (AvgIpc) is 2.82. The number of rotatable bonds is 5. The van der Waals surface area contributed by atoms with Crippen molar-refractivity contribution in [3.63, 3.8) is 0 Å². The summed E-state index contributed by atoms with van der Waals surface area (Å²) in [5.41, 5.74) is -0.379. The van der Waals surface area contributed by atoms with Gasteiger partial charge < -0.3 is 9.64 Å². The lowest BCUT2D eigenvalue weighted by Gasteiger charge is -2.21. The Kier molecular flexibility index (Phi) is 6.05. The molecule has 0 aromatic rings. The molecule has 1 fully saturated rings. The van der Waals surface area contributed by atoms with Crippen LogP contribution in [0.25, 0.3) is 0 Å². The molecule has 0 unspecified atom stereocenters. The Balaban J connectivity index is 2.38. The number of hydrogen-bond acceptors (Lipinski definition) is 2. The smallest absolute Gasteiger partial charge is 0.139 e. The van der Waals surface area contributed by atoms with Crippen molar-refractivity contribution in [3.05, 3.63) is 0 Å². The second-order valence-electron chi connectivity index (χ2n) is 4.78. The van der Waals surface area contributed by atoms with Gasteiger partial charge in [0.15, 0.2) is 0 Å². The second-order valence-corrected chi connectivity index (χ2v) is 4.78. The monoisotopic (exact) mass is 235 g/mol. The molecule has 1 saturated heterocycles. The van der Waals surface area contributed by atoms with Crippen LogP contribution in [-0.4, -0.2) is 31.8 Å². The molecule has 0 radical (unpaired) electrons. The summed E-state index contributed by atoms with van der Waals surface area (Å²) in [4.78, 5) is 1.59. The summed E-state index contributed by atoms with van der Waals surface area (Å²) in [6.45, 7) is 8.00. The highest BCUT2D eigenvalue weighted by Gasteiger charge is 2.19. The van der Waals surface area contributed by atoms with Crippen LogP contribution in [0.1, 0.15) is 39.5 Å². The fourth-order valence-corrected chi connectivity index (χ4v) is 1.96. The fraction of sp³-hybridized carbons (Fsp3) is 0.786. The van der Waals surface area contributed by atoms with Gasteiger partial charge in [0.05, 0.1) is 32.2 Å². The number of quaternary nitrogens is 1. The van der Waals surface area contributed by atoms with Gasteiger partial charge in [0.2, 0.25) is 0 Å². The average molecular weight is 235 g/mol. The SMILES string of the molecule is CC[C@](C)(C#CC[NH+]1CCCC1)OCCC#N. The molecular weight excluding hydrogens is 212 g/mol. The summed E-state index contributed by atoms with van der Waals surface area (Å²) in [5, 5.41) is 8.49. The van der Waals surface area contributed by atoms with Crippen LogP contribution >= 0.6 is 0 Å². The largest absolute Gasteiger partial charge is 0.362 e. The van der Waals surface area contributed by atoms with E-state index in [4.69, 9.17) is 10.00 Å². The van der Waals surface area contributed by atoms with Crippen LogP contribution < -0.4 is 4.90 Å². The van der Waals surface area contributed by atoms with E-state index in [2.05, 4.69) is 24.8 Å². The second kappa shape index (κ2) is 7.33. The molecule has 0 saturated carbocycles. The molecule has 0 amide bonds. The minimum atomic E-state index is -0.379. The standard InChI is InChI=1S/C14H22N2O/c1-3-14(2,17-13-7-9-15)8-6-12-16-10-4-5-11-16/h3-5,7,10-13H2,1-2H3/p+1/t14-/m1/s1. The molecule has 1 rings (SSSR count). The molecule has 0 spiro atoms. The Morgan fingerprint density at radius 3 is 2.65 bits per heavy atom. The maximum absolute atomic E-state index is 8.49. The zero-order valence-corrected chi connectivity index (χ0v) is 11.0. The maximum atomic E-state index is 8.49. The van der Waals surface area contributed by atoms with Crippen molar-refractivity contribution in [1.82, 2.24) is 0 Å². The molecule has 0 bridgehead atoms. The summed E-state index contributed by atoms with van der Waals surface area (Å²) < 4.78 is 5.68. The summed E-state index contributed by atoms with van der Waals surface area (Å²) in [5.74, 6) is 6.48.